The van der Waals surface area contributed by atoms with Crippen molar-refractivity contribution in [2.45, 2.75) is 26.3 Å². The lowest BCUT2D eigenvalue weighted by molar-refractivity contribution is -0.255. The number of aromatic carboxylic acids is 1. The van der Waals surface area contributed by atoms with Gasteiger partial charge in [0, 0.05) is 10.2 Å². The number of carbonyl (C=O) groups is 2. The van der Waals surface area contributed by atoms with E-state index in [1.165, 1.54) is 12.1 Å². The van der Waals surface area contributed by atoms with Gasteiger partial charge in [0.2, 0.25) is 5.91 Å². The third-order valence-electron chi connectivity index (χ3n) is 5.54. The monoisotopic (exact) mass is 508 g/mol. The van der Waals surface area contributed by atoms with Gasteiger partial charge in [-0.3, -0.25) is 4.79 Å². The lowest BCUT2D eigenvalue weighted by Crippen LogP contribution is -2.41. The van der Waals surface area contributed by atoms with E-state index >= 15 is 0 Å². The molecule has 1 aliphatic rings. The summed E-state index contributed by atoms with van der Waals surface area (Å²) in [7, 11) is 0. The minimum absolute atomic E-state index is 0.0591. The van der Waals surface area contributed by atoms with Crippen molar-refractivity contribution in [3.63, 3.8) is 0 Å². The van der Waals surface area contributed by atoms with Crippen LogP contribution in [0.1, 0.15) is 46.9 Å². The molecule has 3 aromatic rings. The fourth-order valence-electron chi connectivity index (χ4n) is 4.12. The van der Waals surface area contributed by atoms with E-state index in [1.54, 1.807) is 17.0 Å². The SMILES string of the molecule is CCOc1cc2c(cc1OCC)[C@@H](c1ccc(Br)cc1)N(c1ccc(C(=O)[O-])cc1)C(=O)C2. The number of hydrogen-bond acceptors (Lipinski definition) is 5. The van der Waals surface area contributed by atoms with E-state index in [2.05, 4.69) is 15.9 Å². The lowest BCUT2D eigenvalue weighted by Gasteiger charge is -2.38. The molecule has 33 heavy (non-hydrogen) atoms. The molecule has 0 aromatic heterocycles. The second-order valence-electron chi connectivity index (χ2n) is 7.59. The minimum Gasteiger partial charge on any atom is -0.545 e. The van der Waals surface area contributed by atoms with Crippen LogP contribution in [0.3, 0.4) is 0 Å². The van der Waals surface area contributed by atoms with Crippen molar-refractivity contribution in [3.05, 3.63) is 87.4 Å². The molecule has 0 N–H and O–H groups in total. The summed E-state index contributed by atoms with van der Waals surface area (Å²) in [4.78, 5) is 26.3. The maximum absolute atomic E-state index is 13.4. The second kappa shape index (κ2) is 9.67. The highest BCUT2D eigenvalue weighted by Crippen LogP contribution is 2.43. The molecule has 0 saturated carbocycles. The van der Waals surface area contributed by atoms with E-state index in [9.17, 15) is 14.7 Å². The Bertz CT molecular complexity index is 1170. The second-order valence-corrected chi connectivity index (χ2v) is 8.51. The van der Waals surface area contributed by atoms with Crippen LogP contribution >= 0.6 is 15.9 Å². The van der Waals surface area contributed by atoms with Crippen LogP contribution < -0.4 is 19.5 Å². The van der Waals surface area contributed by atoms with Crippen LogP contribution in [-0.2, 0) is 11.2 Å². The standard InChI is InChI=1S/C26H24BrNO5/c1-3-32-22-13-18-14-24(29)28(20-11-7-17(8-12-20)26(30)31)25(16-5-9-19(27)10-6-16)21(18)15-23(22)33-4-2/h5-13,15,25H,3-4,14H2,1-2H3,(H,30,31)/p-1/t25-/m1/s1. The molecule has 4 rings (SSSR count). The molecule has 7 heteroatoms. The van der Waals surface area contributed by atoms with Crippen LogP contribution in [0.5, 0.6) is 11.5 Å². The van der Waals surface area contributed by atoms with Gasteiger partial charge in [0.1, 0.15) is 0 Å². The number of carbonyl (C=O) groups excluding carboxylic acids is 2. The maximum atomic E-state index is 13.4. The van der Waals surface area contributed by atoms with E-state index in [0.29, 0.717) is 30.4 Å². The van der Waals surface area contributed by atoms with Crippen molar-refractivity contribution in [1.29, 1.82) is 0 Å². The molecule has 0 radical (unpaired) electrons. The number of hydrogen-bond donors (Lipinski definition) is 0. The average molecular weight is 509 g/mol. The predicted molar refractivity (Wildman–Crippen MR) is 127 cm³/mol. The van der Waals surface area contributed by atoms with Gasteiger partial charge in [-0.25, -0.2) is 0 Å². The topological polar surface area (TPSA) is 78.9 Å². The summed E-state index contributed by atoms with van der Waals surface area (Å²) in [6.07, 6.45) is 0.192. The lowest BCUT2D eigenvalue weighted by atomic mass is 9.86. The fraction of sp³-hybridized carbons (Fsp3) is 0.231. The van der Waals surface area contributed by atoms with Crippen molar-refractivity contribution in [3.8, 4) is 11.5 Å². The van der Waals surface area contributed by atoms with E-state index < -0.39 is 12.0 Å². The molecule has 0 saturated heterocycles. The Labute approximate surface area is 200 Å². The van der Waals surface area contributed by atoms with Crippen molar-refractivity contribution in [2.75, 3.05) is 18.1 Å². The number of benzene rings is 3. The number of amides is 1. The molecular formula is C26H23BrNO5-. The first-order valence-electron chi connectivity index (χ1n) is 10.7. The number of halogens is 1. The molecule has 170 valence electrons. The Hall–Kier alpha value is -3.32. The fourth-order valence-corrected chi connectivity index (χ4v) is 4.38. The highest BCUT2D eigenvalue weighted by atomic mass is 79.9. The Kier molecular flexibility index (Phi) is 6.70. The molecule has 0 aliphatic carbocycles. The first kappa shape index (κ1) is 22.9. The highest BCUT2D eigenvalue weighted by molar-refractivity contribution is 9.10. The zero-order valence-electron chi connectivity index (χ0n) is 18.3. The Morgan fingerprint density at radius 2 is 1.61 bits per heavy atom. The molecule has 1 amide bonds. The van der Waals surface area contributed by atoms with Gasteiger partial charge in [-0.05, 0) is 72.5 Å². The van der Waals surface area contributed by atoms with Gasteiger partial charge in [0.25, 0.3) is 0 Å². The van der Waals surface area contributed by atoms with Gasteiger partial charge in [-0.15, -0.1) is 0 Å². The summed E-state index contributed by atoms with van der Waals surface area (Å²) < 4.78 is 12.6. The van der Waals surface area contributed by atoms with Gasteiger partial charge < -0.3 is 24.3 Å². The molecular weight excluding hydrogens is 486 g/mol. The van der Waals surface area contributed by atoms with Crippen LogP contribution in [0, 0.1) is 0 Å². The van der Waals surface area contributed by atoms with Crippen LogP contribution in [0.2, 0.25) is 0 Å². The average Bonchev–Trinajstić information content (AvgIpc) is 2.80. The smallest absolute Gasteiger partial charge is 0.232 e. The third kappa shape index (κ3) is 4.59. The molecule has 0 unspecified atom stereocenters. The van der Waals surface area contributed by atoms with Crippen LogP contribution in [0.25, 0.3) is 0 Å². The largest absolute Gasteiger partial charge is 0.545 e. The molecule has 1 aliphatic heterocycles. The van der Waals surface area contributed by atoms with E-state index in [-0.39, 0.29) is 17.9 Å². The summed E-state index contributed by atoms with van der Waals surface area (Å²) in [6.45, 7) is 4.79. The number of ether oxygens (including phenoxy) is 2. The van der Waals surface area contributed by atoms with Crippen LogP contribution in [0.4, 0.5) is 5.69 Å². The quantitative estimate of drug-likeness (QED) is 0.475. The first-order chi connectivity index (χ1) is 15.9. The van der Waals surface area contributed by atoms with Crippen molar-refractivity contribution >= 4 is 33.5 Å². The number of anilines is 1. The predicted octanol–water partition coefficient (Wildman–Crippen LogP) is 4.29. The Morgan fingerprint density at radius 1 is 1.00 bits per heavy atom. The molecule has 6 nitrogen and oxygen atoms in total. The molecule has 0 bridgehead atoms. The van der Waals surface area contributed by atoms with E-state index in [0.717, 1.165) is 21.2 Å². The van der Waals surface area contributed by atoms with Gasteiger partial charge >= 0.3 is 0 Å². The molecule has 0 spiro atoms. The maximum Gasteiger partial charge on any atom is 0.232 e. The van der Waals surface area contributed by atoms with Crippen molar-refractivity contribution in [1.82, 2.24) is 0 Å². The highest BCUT2D eigenvalue weighted by Gasteiger charge is 2.36. The summed E-state index contributed by atoms with van der Waals surface area (Å²) >= 11 is 3.47. The summed E-state index contributed by atoms with van der Waals surface area (Å²) in [5.41, 5.74) is 3.40. The molecule has 1 heterocycles. The summed E-state index contributed by atoms with van der Waals surface area (Å²) in [5.74, 6) is -0.108. The van der Waals surface area contributed by atoms with Crippen molar-refractivity contribution < 1.29 is 24.2 Å². The van der Waals surface area contributed by atoms with Crippen molar-refractivity contribution in [2.24, 2.45) is 0 Å². The minimum atomic E-state index is -1.26. The molecule has 0 fully saturated rings. The number of carboxylic acid groups (broad SMARTS) is 1. The normalized spacial score (nSPS) is 15.2. The van der Waals surface area contributed by atoms with E-state index in [1.807, 2.05) is 50.2 Å². The zero-order valence-corrected chi connectivity index (χ0v) is 19.9. The van der Waals surface area contributed by atoms with Gasteiger partial charge in [0.15, 0.2) is 11.5 Å². The Morgan fingerprint density at radius 3 is 2.18 bits per heavy atom. The zero-order chi connectivity index (χ0) is 23.5. The van der Waals surface area contributed by atoms with E-state index in [4.69, 9.17) is 9.47 Å². The van der Waals surface area contributed by atoms with Gasteiger partial charge in [0.05, 0.1) is 31.6 Å². The van der Waals surface area contributed by atoms with Crippen LogP contribution in [-0.4, -0.2) is 25.1 Å². The first-order valence-corrected chi connectivity index (χ1v) is 11.5. The Balaban J connectivity index is 1.89. The number of carboxylic acids is 1. The van der Waals surface area contributed by atoms with Gasteiger partial charge in [-0.1, -0.05) is 40.2 Å². The summed E-state index contributed by atoms with van der Waals surface area (Å²) in [6, 6.07) is 17.4. The van der Waals surface area contributed by atoms with Crippen LogP contribution in [0.15, 0.2) is 65.1 Å². The number of nitrogens with zero attached hydrogens (tertiary/aromatic N) is 1. The molecule has 3 aromatic carbocycles. The summed E-state index contributed by atoms with van der Waals surface area (Å²) in [5, 5.41) is 11.2. The third-order valence-corrected chi connectivity index (χ3v) is 6.06. The number of fused-ring (bicyclic) bond motifs is 1. The number of rotatable bonds is 7. The molecule has 1 atom stereocenters. The van der Waals surface area contributed by atoms with Gasteiger partial charge in [-0.2, -0.15) is 0 Å².